The first-order valence-electron chi connectivity index (χ1n) is 13.7. The van der Waals surface area contributed by atoms with Gasteiger partial charge in [0.2, 0.25) is 11.6 Å². The van der Waals surface area contributed by atoms with Gasteiger partial charge in [-0.05, 0) is 23.3 Å². The first-order chi connectivity index (χ1) is 18.5. The van der Waals surface area contributed by atoms with Gasteiger partial charge in [0.15, 0.2) is 11.5 Å². The fourth-order valence-corrected chi connectivity index (χ4v) is 4.94. The van der Waals surface area contributed by atoms with E-state index in [4.69, 9.17) is 9.47 Å². The average molecular weight is 515 g/mol. The quantitative estimate of drug-likeness (QED) is 0.320. The number of carbonyl (C=O) groups is 4. The Morgan fingerprint density at radius 2 is 0.921 bits per heavy atom. The van der Waals surface area contributed by atoms with Gasteiger partial charge in [-0.15, -0.1) is 0 Å². The minimum atomic E-state index is -0.522. The van der Waals surface area contributed by atoms with E-state index in [-0.39, 0.29) is 35.5 Å². The maximum atomic E-state index is 13.8. The van der Waals surface area contributed by atoms with E-state index in [0.29, 0.717) is 33.7 Å². The van der Waals surface area contributed by atoms with Crippen LogP contribution in [0.4, 0.5) is 0 Å². The number of ether oxygens (including phenoxy) is 2. The molecule has 0 N–H and O–H groups in total. The van der Waals surface area contributed by atoms with Gasteiger partial charge in [0.05, 0.1) is 0 Å². The summed E-state index contributed by atoms with van der Waals surface area (Å²) in [6, 6.07) is 13.8. The molecule has 4 rings (SSSR count). The maximum absolute atomic E-state index is 13.8. The van der Waals surface area contributed by atoms with Crippen molar-refractivity contribution in [1.29, 1.82) is 0 Å². The molecule has 6 nitrogen and oxygen atoms in total. The van der Waals surface area contributed by atoms with Crippen molar-refractivity contribution in [2.24, 2.45) is 0 Å². The molecule has 0 saturated heterocycles. The summed E-state index contributed by atoms with van der Waals surface area (Å²) in [5, 5.41) is 1.73. The summed E-state index contributed by atoms with van der Waals surface area (Å²) in [4.78, 5) is 53.0. The molecule has 0 fully saturated rings. The average Bonchev–Trinajstić information content (AvgIpc) is 2.93. The SMILES string of the molecule is CCCCCCC(=O)OC1=c2ccccc2=C2C(=O)C(OC(=O)CCCCCC)=c3ccccc3=C2C1=O. The lowest BCUT2D eigenvalue weighted by Crippen LogP contribution is -2.47. The van der Waals surface area contributed by atoms with E-state index >= 15 is 0 Å². The number of ketones is 2. The fraction of sp³-hybridized carbons (Fsp3) is 0.375. The zero-order chi connectivity index (χ0) is 27.1. The molecule has 0 saturated carbocycles. The number of benzene rings is 2. The van der Waals surface area contributed by atoms with E-state index in [1.54, 1.807) is 48.5 Å². The molecule has 0 aliphatic heterocycles. The van der Waals surface area contributed by atoms with E-state index in [0.717, 1.165) is 38.5 Å². The van der Waals surface area contributed by atoms with Crippen molar-refractivity contribution in [1.82, 2.24) is 0 Å². The van der Waals surface area contributed by atoms with E-state index in [9.17, 15) is 19.2 Å². The first-order valence-corrected chi connectivity index (χ1v) is 13.7. The van der Waals surface area contributed by atoms with Crippen LogP contribution in [0.5, 0.6) is 0 Å². The van der Waals surface area contributed by atoms with Crippen LogP contribution in [0.1, 0.15) is 78.1 Å². The van der Waals surface area contributed by atoms with E-state index in [1.807, 2.05) is 0 Å². The second kappa shape index (κ2) is 12.6. The highest BCUT2D eigenvalue weighted by molar-refractivity contribution is 6.58. The molecule has 2 aromatic rings. The maximum Gasteiger partial charge on any atom is 0.311 e. The molecule has 2 aromatic carbocycles. The summed E-state index contributed by atoms with van der Waals surface area (Å²) in [5.41, 5.74) is 0.335. The van der Waals surface area contributed by atoms with Gasteiger partial charge in [0.1, 0.15) is 0 Å². The Balaban J connectivity index is 1.79. The van der Waals surface area contributed by atoms with Gasteiger partial charge in [-0.25, -0.2) is 0 Å². The van der Waals surface area contributed by atoms with E-state index < -0.39 is 23.5 Å². The van der Waals surface area contributed by atoms with Crippen molar-refractivity contribution in [3.8, 4) is 0 Å². The molecule has 0 unspecified atom stereocenters. The molecule has 2 aliphatic rings. The normalized spacial score (nSPS) is 14.2. The summed E-state index contributed by atoms with van der Waals surface area (Å²) in [7, 11) is 0. The second-order valence-electron chi connectivity index (χ2n) is 9.73. The number of unbranched alkanes of at least 4 members (excludes halogenated alkanes) is 6. The molecule has 0 aromatic heterocycles. The number of fused-ring (bicyclic) bond motifs is 3. The lowest BCUT2D eigenvalue weighted by Gasteiger charge is -2.22. The van der Waals surface area contributed by atoms with Gasteiger partial charge < -0.3 is 9.47 Å². The van der Waals surface area contributed by atoms with E-state index in [1.165, 1.54) is 0 Å². The minimum Gasteiger partial charge on any atom is -0.422 e. The van der Waals surface area contributed by atoms with Gasteiger partial charge in [-0.1, -0.05) is 101 Å². The third kappa shape index (κ3) is 5.69. The van der Waals surface area contributed by atoms with Gasteiger partial charge in [0, 0.05) is 34.4 Å². The number of hydrogen-bond donors (Lipinski definition) is 0. The van der Waals surface area contributed by atoms with E-state index in [2.05, 4.69) is 13.8 Å². The Morgan fingerprint density at radius 1 is 0.553 bits per heavy atom. The number of rotatable bonds is 12. The molecular formula is C32H34O6. The summed E-state index contributed by atoms with van der Waals surface area (Å²) in [5.74, 6) is -2.12. The van der Waals surface area contributed by atoms with Crippen LogP contribution in [-0.4, -0.2) is 23.5 Å². The van der Waals surface area contributed by atoms with Crippen LogP contribution in [0, 0.1) is 0 Å². The van der Waals surface area contributed by atoms with Crippen molar-refractivity contribution in [3.63, 3.8) is 0 Å². The van der Waals surface area contributed by atoms with Crippen LogP contribution in [-0.2, 0) is 28.7 Å². The molecule has 0 atom stereocenters. The van der Waals surface area contributed by atoms with Crippen LogP contribution in [0.3, 0.4) is 0 Å². The lowest BCUT2D eigenvalue weighted by atomic mass is 9.83. The van der Waals surface area contributed by atoms with Crippen LogP contribution in [0.2, 0.25) is 0 Å². The molecular weight excluding hydrogens is 480 g/mol. The van der Waals surface area contributed by atoms with Crippen molar-refractivity contribution in [3.05, 3.63) is 69.4 Å². The smallest absolute Gasteiger partial charge is 0.311 e. The molecule has 2 aliphatic carbocycles. The topological polar surface area (TPSA) is 86.7 Å². The number of esters is 2. The van der Waals surface area contributed by atoms with Crippen molar-refractivity contribution < 1.29 is 28.7 Å². The molecule has 0 radical (unpaired) electrons. The van der Waals surface area contributed by atoms with Gasteiger partial charge in [-0.2, -0.15) is 0 Å². The standard InChI is InChI=1S/C32H34O6/c1-3-5-7-9-19-25(33)37-31-23-17-13-11-15-21(23)28-27(29(31)35)22-16-12-14-18-24(22)32(30(28)36)38-26(34)20-10-8-6-4-2/h11-18H,3-10,19-20H2,1-2H3. The Hall–Kier alpha value is -3.80. The van der Waals surface area contributed by atoms with Gasteiger partial charge in [-0.3, -0.25) is 19.2 Å². The van der Waals surface area contributed by atoms with Crippen LogP contribution in [0.25, 0.3) is 22.7 Å². The van der Waals surface area contributed by atoms with Crippen LogP contribution >= 0.6 is 0 Å². The highest BCUT2D eigenvalue weighted by Gasteiger charge is 2.37. The Labute approximate surface area is 222 Å². The predicted molar refractivity (Wildman–Crippen MR) is 145 cm³/mol. The summed E-state index contributed by atoms with van der Waals surface area (Å²) >= 11 is 0. The highest BCUT2D eigenvalue weighted by atomic mass is 16.5. The van der Waals surface area contributed by atoms with Gasteiger partial charge in [0.25, 0.3) is 0 Å². The number of hydrogen-bond acceptors (Lipinski definition) is 6. The monoisotopic (exact) mass is 514 g/mol. The second-order valence-corrected chi connectivity index (χ2v) is 9.73. The van der Waals surface area contributed by atoms with Crippen molar-refractivity contribution >= 4 is 46.2 Å². The third-order valence-corrected chi connectivity index (χ3v) is 6.90. The minimum absolute atomic E-state index is 0.0705. The summed E-state index contributed by atoms with van der Waals surface area (Å²) in [6.45, 7) is 4.19. The molecule has 6 heteroatoms. The molecule has 0 spiro atoms. The molecule has 0 amide bonds. The van der Waals surface area contributed by atoms with Gasteiger partial charge >= 0.3 is 11.9 Å². The highest BCUT2D eigenvalue weighted by Crippen LogP contribution is 2.26. The largest absolute Gasteiger partial charge is 0.422 e. The Kier molecular flexibility index (Phi) is 9.06. The predicted octanol–water partition coefficient (Wildman–Crippen LogP) is 3.10. The molecule has 0 bridgehead atoms. The number of carbonyl (C=O) groups excluding carboxylic acids is 4. The van der Waals surface area contributed by atoms with Crippen LogP contribution < -0.4 is 20.9 Å². The molecule has 0 heterocycles. The van der Waals surface area contributed by atoms with Crippen LogP contribution in [0.15, 0.2) is 48.5 Å². The Morgan fingerprint density at radius 3 is 1.29 bits per heavy atom. The lowest BCUT2D eigenvalue weighted by molar-refractivity contribution is -0.139. The number of Topliss-reactive ketones (excluding diaryl/α,β-unsaturated/α-hetero) is 2. The van der Waals surface area contributed by atoms with Crippen molar-refractivity contribution in [2.45, 2.75) is 78.1 Å². The zero-order valence-electron chi connectivity index (χ0n) is 22.1. The third-order valence-electron chi connectivity index (χ3n) is 6.90. The Bertz CT molecular complexity index is 1400. The zero-order valence-corrected chi connectivity index (χ0v) is 22.1. The van der Waals surface area contributed by atoms with Crippen molar-refractivity contribution in [2.75, 3.05) is 0 Å². The molecule has 198 valence electrons. The summed E-state index contributed by atoms with van der Waals surface area (Å²) < 4.78 is 11.3. The molecule has 38 heavy (non-hydrogen) atoms. The summed E-state index contributed by atoms with van der Waals surface area (Å²) in [6.07, 6.45) is 7.80. The fourth-order valence-electron chi connectivity index (χ4n) is 4.94. The first kappa shape index (κ1) is 27.2.